The highest BCUT2D eigenvalue weighted by molar-refractivity contribution is 5.90. The van der Waals surface area contributed by atoms with E-state index >= 15 is 0 Å². The summed E-state index contributed by atoms with van der Waals surface area (Å²) in [5.41, 5.74) is 1.36. The van der Waals surface area contributed by atoms with E-state index in [9.17, 15) is 9.59 Å². The molecule has 5 nitrogen and oxygen atoms in total. The van der Waals surface area contributed by atoms with Crippen molar-refractivity contribution in [1.82, 2.24) is 9.78 Å². The summed E-state index contributed by atoms with van der Waals surface area (Å²) in [5.74, 6) is 0.769. The number of methoxy groups -OCH3 is 1. The van der Waals surface area contributed by atoms with Crippen LogP contribution >= 0.6 is 0 Å². The zero-order valence-corrected chi connectivity index (χ0v) is 13.7. The van der Waals surface area contributed by atoms with Gasteiger partial charge in [0.2, 0.25) is 0 Å². The van der Waals surface area contributed by atoms with Crippen molar-refractivity contribution in [3.63, 3.8) is 0 Å². The summed E-state index contributed by atoms with van der Waals surface area (Å²) in [6.45, 7) is 0. The molecule has 0 saturated heterocycles. The minimum Gasteiger partial charge on any atom is -0.497 e. The molecule has 2 aromatic carbocycles. The van der Waals surface area contributed by atoms with Crippen LogP contribution in [-0.2, 0) is 24.7 Å². The zero-order chi connectivity index (χ0) is 17.1. The fourth-order valence-electron chi connectivity index (χ4n) is 2.77. The van der Waals surface area contributed by atoms with Crippen molar-refractivity contribution in [3.8, 4) is 5.75 Å². The lowest BCUT2D eigenvalue weighted by Crippen LogP contribution is -2.22. The number of aryl methyl sites for hydroxylation is 1. The van der Waals surface area contributed by atoms with E-state index in [4.69, 9.17) is 4.74 Å². The third-order valence-electron chi connectivity index (χ3n) is 3.93. The Morgan fingerprint density at radius 3 is 2.58 bits per heavy atom. The van der Waals surface area contributed by atoms with Crippen LogP contribution in [-0.4, -0.2) is 22.7 Å². The molecule has 24 heavy (non-hydrogen) atoms. The Bertz CT molecular complexity index is 960. The van der Waals surface area contributed by atoms with Crippen LogP contribution in [0.3, 0.4) is 0 Å². The van der Waals surface area contributed by atoms with Gasteiger partial charge < -0.3 is 4.74 Å². The number of Topliss-reactive ketones (excluding diaryl/α,β-unsaturated/α-hetero) is 1. The van der Waals surface area contributed by atoms with Crippen LogP contribution in [0.25, 0.3) is 10.8 Å². The molecule has 0 aliphatic rings. The summed E-state index contributed by atoms with van der Waals surface area (Å²) in [5, 5.41) is 5.59. The second kappa shape index (κ2) is 6.66. The first kappa shape index (κ1) is 15.9. The van der Waals surface area contributed by atoms with E-state index in [0.717, 1.165) is 16.7 Å². The summed E-state index contributed by atoms with van der Waals surface area (Å²) in [4.78, 5) is 24.6. The molecule has 0 amide bonds. The van der Waals surface area contributed by atoms with Gasteiger partial charge in [-0.05, 0) is 23.8 Å². The average Bonchev–Trinajstić information content (AvgIpc) is 2.59. The van der Waals surface area contributed by atoms with E-state index in [1.807, 2.05) is 42.5 Å². The van der Waals surface area contributed by atoms with Gasteiger partial charge in [-0.25, -0.2) is 4.68 Å². The van der Waals surface area contributed by atoms with Gasteiger partial charge in [0, 0.05) is 18.9 Å². The molecule has 0 aliphatic carbocycles. The third-order valence-corrected chi connectivity index (χ3v) is 3.93. The van der Waals surface area contributed by atoms with Gasteiger partial charge in [-0.1, -0.05) is 30.3 Å². The van der Waals surface area contributed by atoms with Gasteiger partial charge in [0.15, 0.2) is 0 Å². The number of rotatable bonds is 5. The predicted molar refractivity (Wildman–Crippen MR) is 92.4 cm³/mol. The van der Waals surface area contributed by atoms with E-state index in [2.05, 4.69) is 5.10 Å². The molecule has 3 aromatic rings. The molecule has 1 heterocycles. The summed E-state index contributed by atoms with van der Waals surface area (Å²) in [6, 6.07) is 14.7. The zero-order valence-electron chi connectivity index (χ0n) is 13.7. The van der Waals surface area contributed by atoms with Gasteiger partial charge in [-0.3, -0.25) is 9.59 Å². The normalized spacial score (nSPS) is 10.8. The first-order valence-electron chi connectivity index (χ1n) is 7.68. The molecular formula is C19H18N2O3. The molecule has 1 aromatic heterocycles. The number of hydrogen-bond acceptors (Lipinski definition) is 4. The highest BCUT2D eigenvalue weighted by Crippen LogP contribution is 2.16. The predicted octanol–water partition coefficient (Wildman–Crippen LogP) is 2.30. The highest BCUT2D eigenvalue weighted by atomic mass is 16.5. The fraction of sp³-hybridized carbons (Fsp3) is 0.211. The molecule has 0 aliphatic heterocycles. The summed E-state index contributed by atoms with van der Waals surface area (Å²) < 4.78 is 6.47. The number of aromatic nitrogens is 2. The Kier molecular flexibility index (Phi) is 4.42. The number of nitrogens with zero attached hydrogens (tertiary/aromatic N) is 2. The maximum Gasteiger partial charge on any atom is 0.274 e. The molecule has 0 atom stereocenters. The van der Waals surface area contributed by atoms with Crippen molar-refractivity contribution < 1.29 is 9.53 Å². The average molecular weight is 322 g/mol. The molecule has 3 rings (SSSR count). The molecule has 0 fully saturated rings. The van der Waals surface area contributed by atoms with E-state index in [0.29, 0.717) is 17.5 Å². The number of fused-ring (bicyclic) bond motifs is 1. The Hall–Kier alpha value is -2.95. The van der Waals surface area contributed by atoms with Gasteiger partial charge in [-0.2, -0.15) is 5.10 Å². The van der Waals surface area contributed by atoms with Crippen LogP contribution in [0.5, 0.6) is 5.75 Å². The van der Waals surface area contributed by atoms with E-state index in [-0.39, 0.29) is 17.8 Å². The molecule has 0 bridgehead atoms. The molecule has 0 saturated carbocycles. The first-order chi connectivity index (χ1) is 11.6. The molecule has 0 radical (unpaired) electrons. The Morgan fingerprint density at radius 1 is 1.08 bits per heavy atom. The molecule has 122 valence electrons. The second-order valence-electron chi connectivity index (χ2n) is 5.66. The van der Waals surface area contributed by atoms with Gasteiger partial charge in [-0.15, -0.1) is 0 Å². The van der Waals surface area contributed by atoms with Gasteiger partial charge in [0.25, 0.3) is 5.56 Å². The quantitative estimate of drug-likeness (QED) is 0.723. The number of carbonyl (C=O) groups is 1. The largest absolute Gasteiger partial charge is 0.497 e. The SMILES string of the molecule is COc1cccc(CC(=O)Cc2nn(C)c(=O)c3ccccc23)c1. The summed E-state index contributed by atoms with van der Waals surface area (Å²) in [7, 11) is 3.20. The topological polar surface area (TPSA) is 61.2 Å². The van der Waals surface area contributed by atoms with Crippen molar-refractivity contribution in [3.05, 3.63) is 70.1 Å². The van der Waals surface area contributed by atoms with Crippen molar-refractivity contribution in [1.29, 1.82) is 0 Å². The van der Waals surface area contributed by atoms with Crippen molar-refractivity contribution >= 4 is 16.6 Å². The van der Waals surface area contributed by atoms with Crippen LogP contribution in [0.2, 0.25) is 0 Å². The lowest BCUT2D eigenvalue weighted by atomic mass is 10.0. The molecule has 5 heteroatoms. The Labute approximate surface area is 139 Å². The number of carbonyl (C=O) groups excluding carboxylic acids is 1. The highest BCUT2D eigenvalue weighted by Gasteiger charge is 2.13. The summed E-state index contributed by atoms with van der Waals surface area (Å²) in [6.07, 6.45) is 0.488. The standard InChI is InChI=1S/C19H18N2O3/c1-21-19(23)17-9-4-3-8-16(17)18(20-21)12-14(22)10-13-6-5-7-15(11-13)24-2/h3-9,11H,10,12H2,1-2H3. The summed E-state index contributed by atoms with van der Waals surface area (Å²) >= 11 is 0. The van der Waals surface area contributed by atoms with Gasteiger partial charge in [0.05, 0.1) is 24.6 Å². The Balaban J connectivity index is 1.88. The van der Waals surface area contributed by atoms with Crippen molar-refractivity contribution in [2.24, 2.45) is 7.05 Å². The van der Waals surface area contributed by atoms with Crippen LogP contribution in [0, 0.1) is 0 Å². The third kappa shape index (κ3) is 3.20. The minimum absolute atomic E-state index is 0.0413. The smallest absolute Gasteiger partial charge is 0.274 e. The van der Waals surface area contributed by atoms with Gasteiger partial charge >= 0.3 is 0 Å². The van der Waals surface area contributed by atoms with Gasteiger partial charge in [0.1, 0.15) is 11.5 Å². The van der Waals surface area contributed by atoms with E-state index in [1.54, 1.807) is 20.2 Å². The molecule has 0 spiro atoms. The van der Waals surface area contributed by atoms with Crippen LogP contribution in [0.4, 0.5) is 0 Å². The molecule has 0 N–H and O–H groups in total. The van der Waals surface area contributed by atoms with Crippen LogP contribution in [0.1, 0.15) is 11.3 Å². The maximum absolute atomic E-state index is 12.5. The number of ketones is 1. The monoisotopic (exact) mass is 322 g/mol. The number of benzene rings is 2. The van der Waals surface area contributed by atoms with Crippen LogP contribution in [0.15, 0.2) is 53.3 Å². The first-order valence-corrected chi connectivity index (χ1v) is 7.68. The van der Waals surface area contributed by atoms with E-state index < -0.39 is 0 Å². The van der Waals surface area contributed by atoms with Crippen molar-refractivity contribution in [2.45, 2.75) is 12.8 Å². The van der Waals surface area contributed by atoms with Crippen LogP contribution < -0.4 is 10.3 Å². The Morgan fingerprint density at radius 2 is 1.83 bits per heavy atom. The van der Waals surface area contributed by atoms with Crippen molar-refractivity contribution in [2.75, 3.05) is 7.11 Å². The number of ether oxygens (including phenoxy) is 1. The second-order valence-corrected chi connectivity index (χ2v) is 5.66. The lowest BCUT2D eigenvalue weighted by molar-refractivity contribution is -0.117. The minimum atomic E-state index is -0.158. The molecule has 0 unspecified atom stereocenters. The lowest BCUT2D eigenvalue weighted by Gasteiger charge is -2.08. The maximum atomic E-state index is 12.5. The molecular weight excluding hydrogens is 304 g/mol. The van der Waals surface area contributed by atoms with E-state index in [1.165, 1.54) is 4.68 Å². The fourth-order valence-corrected chi connectivity index (χ4v) is 2.77. The number of hydrogen-bond donors (Lipinski definition) is 0.